The molecule has 0 fully saturated rings. The van der Waals surface area contributed by atoms with Gasteiger partial charge in [0.15, 0.2) is 0 Å². The van der Waals surface area contributed by atoms with Crippen molar-refractivity contribution in [2.24, 2.45) is 0 Å². The van der Waals surface area contributed by atoms with Gasteiger partial charge in [-0.2, -0.15) is 0 Å². The third-order valence-corrected chi connectivity index (χ3v) is 11.1. The van der Waals surface area contributed by atoms with Crippen molar-refractivity contribution in [1.82, 2.24) is 4.90 Å². The second-order valence-electron chi connectivity index (χ2n) is 12.3. The summed E-state index contributed by atoms with van der Waals surface area (Å²) in [5.74, 6) is 1.03. The maximum Gasteiger partial charge on any atom is 0.123 e. The maximum absolute atomic E-state index is 6.62. The van der Waals surface area contributed by atoms with Crippen LogP contribution in [0.3, 0.4) is 0 Å². The fourth-order valence-electron chi connectivity index (χ4n) is 6.40. The van der Waals surface area contributed by atoms with E-state index in [0.717, 1.165) is 44.6 Å². The first-order valence-corrected chi connectivity index (χ1v) is 17.4. The molecule has 5 aromatic rings. The zero-order valence-electron chi connectivity index (χ0n) is 27.4. The van der Waals surface area contributed by atoms with Crippen molar-refractivity contribution in [3.63, 3.8) is 0 Å². The fraction of sp³-hybridized carbons (Fsp3) is 0.286. The number of hydrogen-bond acceptors (Lipinski definition) is 2. The van der Waals surface area contributed by atoms with E-state index < -0.39 is 0 Å². The van der Waals surface area contributed by atoms with Crippen molar-refractivity contribution in [1.29, 1.82) is 0 Å². The molecule has 0 bridgehead atoms. The Labute approximate surface area is 273 Å². The van der Waals surface area contributed by atoms with E-state index in [4.69, 9.17) is 4.74 Å². The second kappa shape index (κ2) is 16.0. The predicted octanol–water partition coefficient (Wildman–Crippen LogP) is 10.5. The molecule has 0 amide bonds. The molecule has 0 aliphatic heterocycles. The number of benzene rings is 5. The maximum atomic E-state index is 6.62. The van der Waals surface area contributed by atoms with Crippen LogP contribution in [-0.2, 0) is 31.4 Å². The lowest BCUT2D eigenvalue weighted by atomic mass is 9.89. The average Bonchev–Trinajstić information content (AvgIpc) is 3.07. The van der Waals surface area contributed by atoms with Crippen molar-refractivity contribution in [2.75, 3.05) is 0 Å². The van der Waals surface area contributed by atoms with Gasteiger partial charge >= 0.3 is 0 Å². The van der Waals surface area contributed by atoms with Crippen molar-refractivity contribution < 1.29 is 4.74 Å². The van der Waals surface area contributed by atoms with E-state index in [2.05, 4.69) is 160 Å². The number of nitrogens with zero attached hydrogens (tertiary/aromatic N) is 1. The molecular formula is C42H48NOP. The number of aryl methyl sites for hydroxylation is 2. The third kappa shape index (κ3) is 8.72. The summed E-state index contributed by atoms with van der Waals surface area (Å²) in [6, 6.07) is 46.0. The monoisotopic (exact) mass is 613 g/mol. The van der Waals surface area contributed by atoms with Crippen LogP contribution in [0.5, 0.6) is 5.75 Å². The van der Waals surface area contributed by atoms with Crippen LogP contribution in [-0.4, -0.2) is 4.90 Å². The Morgan fingerprint density at radius 2 is 1.24 bits per heavy atom. The van der Waals surface area contributed by atoms with Crippen LogP contribution < -0.4 is 10.0 Å². The minimum atomic E-state index is -0.00263. The summed E-state index contributed by atoms with van der Waals surface area (Å²) in [4.78, 5) is 2.60. The molecule has 0 aromatic heterocycles. The van der Waals surface area contributed by atoms with Crippen LogP contribution in [0.4, 0.5) is 0 Å². The lowest BCUT2D eigenvalue weighted by molar-refractivity contribution is 0.248. The van der Waals surface area contributed by atoms with Gasteiger partial charge in [0, 0.05) is 30.4 Å². The van der Waals surface area contributed by atoms with Crippen molar-refractivity contribution in [3.05, 3.63) is 166 Å². The van der Waals surface area contributed by atoms with Crippen LogP contribution in [0.25, 0.3) is 0 Å². The minimum absolute atomic E-state index is 0.00263. The van der Waals surface area contributed by atoms with Gasteiger partial charge in [0.2, 0.25) is 0 Å². The highest BCUT2D eigenvalue weighted by atomic mass is 31.1. The molecular weight excluding hydrogens is 565 g/mol. The summed E-state index contributed by atoms with van der Waals surface area (Å²) in [5, 5.41) is 1.51. The molecule has 0 saturated carbocycles. The molecule has 0 heterocycles. The summed E-state index contributed by atoms with van der Waals surface area (Å²) in [5.41, 5.74) is 9.37. The summed E-state index contributed by atoms with van der Waals surface area (Å²) in [7, 11) is 0.640. The Kier molecular flexibility index (Phi) is 11.6. The quantitative estimate of drug-likeness (QED) is 0.109. The highest BCUT2D eigenvalue weighted by Gasteiger charge is 2.34. The van der Waals surface area contributed by atoms with Gasteiger partial charge in [0.25, 0.3) is 0 Å². The molecule has 0 aliphatic carbocycles. The SMILES string of the molecule is CCCC(CC)(Pc1c(C)cccc1CN(Cc1ccccc1)Cc1ccccc1)c1cc(C)ccc1OCc1ccccc1. The first-order valence-electron chi connectivity index (χ1n) is 16.4. The van der Waals surface area contributed by atoms with Crippen molar-refractivity contribution >= 4 is 13.9 Å². The molecule has 3 heteroatoms. The van der Waals surface area contributed by atoms with Gasteiger partial charge in [-0.25, -0.2) is 0 Å². The second-order valence-corrected chi connectivity index (χ2v) is 14.0. The summed E-state index contributed by atoms with van der Waals surface area (Å²) in [6.07, 6.45) is 3.32. The molecule has 2 nitrogen and oxygen atoms in total. The average molecular weight is 614 g/mol. The first-order chi connectivity index (χ1) is 22.0. The largest absolute Gasteiger partial charge is 0.489 e. The van der Waals surface area contributed by atoms with Crippen LogP contribution in [0.2, 0.25) is 0 Å². The number of rotatable bonds is 15. The number of hydrogen-bond donors (Lipinski definition) is 0. The third-order valence-electron chi connectivity index (χ3n) is 8.78. The predicted molar refractivity (Wildman–Crippen MR) is 194 cm³/mol. The van der Waals surface area contributed by atoms with E-state index in [-0.39, 0.29) is 5.16 Å². The van der Waals surface area contributed by atoms with Crippen LogP contribution in [0.15, 0.2) is 127 Å². The molecule has 2 unspecified atom stereocenters. The molecule has 0 radical (unpaired) electrons. The summed E-state index contributed by atoms with van der Waals surface area (Å²) >= 11 is 0. The number of ether oxygens (including phenoxy) is 1. The Hall–Kier alpha value is -3.71. The Balaban J connectivity index is 1.50. The van der Waals surface area contributed by atoms with Gasteiger partial charge in [0.05, 0.1) is 0 Å². The Bertz CT molecular complexity index is 1580. The van der Waals surface area contributed by atoms with Crippen molar-refractivity contribution in [3.8, 4) is 5.75 Å². The molecule has 45 heavy (non-hydrogen) atoms. The summed E-state index contributed by atoms with van der Waals surface area (Å²) in [6.45, 7) is 12.5. The lowest BCUT2D eigenvalue weighted by Crippen LogP contribution is -2.29. The first kappa shape index (κ1) is 32.7. The molecule has 0 spiro atoms. The van der Waals surface area contributed by atoms with Gasteiger partial charge < -0.3 is 4.74 Å². The van der Waals surface area contributed by atoms with E-state index in [1.54, 1.807) is 0 Å². The smallest absolute Gasteiger partial charge is 0.123 e. The van der Waals surface area contributed by atoms with Gasteiger partial charge in [-0.05, 0) is 65.9 Å². The van der Waals surface area contributed by atoms with Crippen LogP contribution in [0, 0.1) is 13.8 Å². The zero-order valence-corrected chi connectivity index (χ0v) is 28.4. The van der Waals surface area contributed by atoms with Gasteiger partial charge in [-0.3, -0.25) is 4.90 Å². The Morgan fingerprint density at radius 1 is 0.644 bits per heavy atom. The highest BCUT2D eigenvalue weighted by Crippen LogP contribution is 2.52. The molecule has 0 aliphatic rings. The molecule has 232 valence electrons. The normalized spacial score (nSPS) is 12.9. The fourth-order valence-corrected chi connectivity index (χ4v) is 8.36. The van der Waals surface area contributed by atoms with Crippen LogP contribution in [0.1, 0.15) is 72.1 Å². The zero-order chi connectivity index (χ0) is 31.5. The lowest BCUT2D eigenvalue weighted by Gasteiger charge is -2.37. The van der Waals surface area contributed by atoms with Gasteiger partial charge in [-0.1, -0.05) is 156 Å². The van der Waals surface area contributed by atoms with E-state index >= 15 is 0 Å². The summed E-state index contributed by atoms with van der Waals surface area (Å²) < 4.78 is 6.62. The standard InChI is InChI=1S/C42H48NOP/c1-5-27-42(6-2,39-28-33(3)25-26-40(39)44-32-37-22-14-9-15-23-37)45-41-34(4)17-16-24-38(41)31-43(29-35-18-10-7-11-19-35)30-36-20-12-8-13-21-36/h7-26,28,45H,5-6,27,29-32H2,1-4H3. The Morgan fingerprint density at radius 3 is 1.82 bits per heavy atom. The van der Waals surface area contributed by atoms with Gasteiger partial charge in [-0.15, -0.1) is 0 Å². The molecule has 0 N–H and O–H groups in total. The van der Waals surface area contributed by atoms with E-state index in [0.29, 0.717) is 15.2 Å². The van der Waals surface area contributed by atoms with Crippen LogP contribution >= 0.6 is 8.58 Å². The highest BCUT2D eigenvalue weighted by molar-refractivity contribution is 7.48. The van der Waals surface area contributed by atoms with E-state index in [9.17, 15) is 0 Å². The van der Waals surface area contributed by atoms with Crippen molar-refractivity contribution in [2.45, 2.75) is 78.4 Å². The molecule has 2 atom stereocenters. The molecule has 5 aromatic carbocycles. The van der Waals surface area contributed by atoms with E-state index in [1.165, 1.54) is 44.2 Å². The van der Waals surface area contributed by atoms with Gasteiger partial charge in [0.1, 0.15) is 12.4 Å². The topological polar surface area (TPSA) is 12.5 Å². The molecule has 0 saturated heterocycles. The van der Waals surface area contributed by atoms with E-state index in [1.807, 2.05) is 0 Å². The molecule has 5 rings (SSSR count). The minimum Gasteiger partial charge on any atom is -0.489 e.